The van der Waals surface area contributed by atoms with E-state index in [0.29, 0.717) is 27.5 Å². The van der Waals surface area contributed by atoms with Gasteiger partial charge in [-0.1, -0.05) is 29.3 Å². The lowest BCUT2D eigenvalue weighted by atomic mass is 10.1. The summed E-state index contributed by atoms with van der Waals surface area (Å²) in [5.74, 6) is 0.308. The molecule has 4 aromatic rings. The summed E-state index contributed by atoms with van der Waals surface area (Å²) in [5.41, 5.74) is 5.27. The van der Waals surface area contributed by atoms with Crippen LogP contribution in [0.25, 0.3) is 16.7 Å². The number of ether oxygens (including phenoxy) is 1. The first kappa shape index (κ1) is 21.7. The summed E-state index contributed by atoms with van der Waals surface area (Å²) in [6.07, 6.45) is 0. The maximum Gasteiger partial charge on any atom is 0.257 e. The van der Waals surface area contributed by atoms with E-state index in [1.165, 1.54) is 4.80 Å². The van der Waals surface area contributed by atoms with E-state index in [9.17, 15) is 4.79 Å². The summed E-state index contributed by atoms with van der Waals surface area (Å²) in [6, 6.07) is 16.4. The normalized spacial score (nSPS) is 10.8. The summed E-state index contributed by atoms with van der Waals surface area (Å²) in [4.78, 5) is 14.0. The van der Waals surface area contributed by atoms with Gasteiger partial charge in [0, 0.05) is 11.3 Å². The molecule has 1 amide bonds. The van der Waals surface area contributed by atoms with Gasteiger partial charge in [0.15, 0.2) is 5.11 Å². The number of fused-ring (bicyclic) bond motifs is 1. The number of hydrogen-bond donors (Lipinski definition) is 2. The molecule has 1 heterocycles. The van der Waals surface area contributed by atoms with Gasteiger partial charge in [0.05, 0.1) is 17.8 Å². The van der Waals surface area contributed by atoms with Crippen molar-refractivity contribution in [2.24, 2.45) is 0 Å². The molecule has 7 nitrogen and oxygen atoms in total. The van der Waals surface area contributed by atoms with Crippen LogP contribution in [-0.2, 0) is 0 Å². The molecule has 0 atom stereocenters. The second-order valence-electron chi connectivity index (χ2n) is 7.24. The van der Waals surface area contributed by atoms with Crippen molar-refractivity contribution in [3.8, 4) is 11.4 Å². The number of halogens is 1. The highest BCUT2D eigenvalue weighted by Crippen LogP contribution is 2.27. The highest BCUT2D eigenvalue weighted by atomic mass is 35.5. The predicted octanol–water partition coefficient (Wildman–Crippen LogP) is 4.83. The zero-order valence-corrected chi connectivity index (χ0v) is 19.2. The zero-order chi connectivity index (χ0) is 22.8. The van der Waals surface area contributed by atoms with Crippen molar-refractivity contribution in [3.05, 3.63) is 76.3 Å². The molecule has 0 fully saturated rings. The molecule has 1 aromatic heterocycles. The van der Waals surface area contributed by atoms with Crippen molar-refractivity contribution in [2.75, 3.05) is 12.4 Å². The van der Waals surface area contributed by atoms with Gasteiger partial charge in [0.25, 0.3) is 5.91 Å². The van der Waals surface area contributed by atoms with Gasteiger partial charge in [-0.2, -0.15) is 4.80 Å². The summed E-state index contributed by atoms with van der Waals surface area (Å²) in [7, 11) is 1.56. The predicted molar refractivity (Wildman–Crippen MR) is 130 cm³/mol. The average Bonchev–Trinajstić information content (AvgIpc) is 3.16. The summed E-state index contributed by atoms with van der Waals surface area (Å²) in [5, 5.41) is 15.5. The number of anilines is 1. The standard InChI is InChI=1S/C23H20ClN5O2S/c1-13-5-4-6-15(9-13)22(30)26-23(32)25-18-12-20-19(10-14(18)2)27-29(28-20)16-7-8-21(31-3)17(24)11-16/h4-12H,1-3H3,(H2,25,26,30,32). The molecule has 0 saturated heterocycles. The molecule has 0 radical (unpaired) electrons. The Morgan fingerprint density at radius 2 is 1.81 bits per heavy atom. The Morgan fingerprint density at radius 3 is 2.50 bits per heavy atom. The van der Waals surface area contributed by atoms with Crippen molar-refractivity contribution in [1.29, 1.82) is 0 Å². The quantitative estimate of drug-likeness (QED) is 0.420. The van der Waals surface area contributed by atoms with Crippen molar-refractivity contribution in [3.63, 3.8) is 0 Å². The van der Waals surface area contributed by atoms with Gasteiger partial charge in [-0.15, -0.1) is 10.2 Å². The number of aromatic nitrogens is 3. The number of carbonyl (C=O) groups excluding carboxylic acids is 1. The van der Waals surface area contributed by atoms with Gasteiger partial charge in [-0.3, -0.25) is 10.1 Å². The second-order valence-corrected chi connectivity index (χ2v) is 8.06. The Balaban J connectivity index is 1.54. The molecule has 3 aromatic carbocycles. The van der Waals surface area contributed by atoms with E-state index in [4.69, 9.17) is 28.6 Å². The highest BCUT2D eigenvalue weighted by molar-refractivity contribution is 7.80. The minimum atomic E-state index is -0.271. The molecule has 0 aliphatic rings. The Labute approximate surface area is 195 Å². The fourth-order valence-electron chi connectivity index (χ4n) is 3.21. The number of amides is 1. The van der Waals surface area contributed by atoms with Crippen LogP contribution in [0.5, 0.6) is 5.75 Å². The summed E-state index contributed by atoms with van der Waals surface area (Å²) in [6.45, 7) is 3.86. The number of rotatable bonds is 4. The van der Waals surface area contributed by atoms with Crippen LogP contribution >= 0.6 is 23.8 Å². The Kier molecular flexibility index (Phi) is 6.07. The van der Waals surface area contributed by atoms with Crippen LogP contribution in [0.1, 0.15) is 21.5 Å². The van der Waals surface area contributed by atoms with Gasteiger partial charge in [0.1, 0.15) is 16.8 Å². The molecule has 9 heteroatoms. The Bertz CT molecular complexity index is 1350. The molecule has 32 heavy (non-hydrogen) atoms. The largest absolute Gasteiger partial charge is 0.495 e. The van der Waals surface area contributed by atoms with E-state index < -0.39 is 0 Å². The number of thiocarbonyl (C=S) groups is 1. The molecule has 0 aliphatic heterocycles. The van der Waals surface area contributed by atoms with Gasteiger partial charge >= 0.3 is 0 Å². The lowest BCUT2D eigenvalue weighted by Gasteiger charge is -2.12. The van der Waals surface area contributed by atoms with Gasteiger partial charge in [-0.25, -0.2) is 0 Å². The van der Waals surface area contributed by atoms with E-state index >= 15 is 0 Å². The van der Waals surface area contributed by atoms with Crippen LogP contribution in [0.15, 0.2) is 54.6 Å². The molecule has 4 rings (SSSR count). The maximum atomic E-state index is 12.4. The summed E-state index contributed by atoms with van der Waals surface area (Å²) < 4.78 is 5.19. The number of aryl methyl sites for hydroxylation is 2. The zero-order valence-electron chi connectivity index (χ0n) is 17.6. The first-order chi connectivity index (χ1) is 15.3. The Morgan fingerprint density at radius 1 is 1.06 bits per heavy atom. The number of hydrogen-bond acceptors (Lipinski definition) is 5. The van der Waals surface area contributed by atoms with Crippen LogP contribution in [0.4, 0.5) is 5.69 Å². The van der Waals surface area contributed by atoms with Crippen molar-refractivity contribution in [2.45, 2.75) is 13.8 Å². The fourth-order valence-corrected chi connectivity index (χ4v) is 3.67. The molecule has 0 unspecified atom stereocenters. The van der Waals surface area contributed by atoms with Crippen LogP contribution in [0.3, 0.4) is 0 Å². The number of benzene rings is 3. The van der Waals surface area contributed by atoms with E-state index in [1.54, 1.807) is 31.4 Å². The first-order valence-corrected chi connectivity index (χ1v) is 10.5. The highest BCUT2D eigenvalue weighted by Gasteiger charge is 2.13. The minimum Gasteiger partial charge on any atom is -0.495 e. The lowest BCUT2D eigenvalue weighted by Crippen LogP contribution is -2.34. The molecule has 162 valence electrons. The van der Waals surface area contributed by atoms with Gasteiger partial charge in [0.2, 0.25) is 0 Å². The van der Waals surface area contributed by atoms with E-state index in [-0.39, 0.29) is 11.0 Å². The number of nitrogens with zero attached hydrogens (tertiary/aromatic N) is 3. The number of carbonyl (C=O) groups is 1. The molecule has 0 spiro atoms. The van der Waals surface area contributed by atoms with Gasteiger partial charge < -0.3 is 10.1 Å². The molecule has 0 aliphatic carbocycles. The molecule has 2 N–H and O–H groups in total. The lowest BCUT2D eigenvalue weighted by molar-refractivity contribution is 0.0977. The third kappa shape index (κ3) is 4.56. The van der Waals surface area contributed by atoms with Crippen LogP contribution < -0.4 is 15.4 Å². The van der Waals surface area contributed by atoms with E-state index in [0.717, 1.165) is 22.3 Å². The summed E-state index contributed by atoms with van der Waals surface area (Å²) >= 11 is 11.6. The Hall–Kier alpha value is -3.49. The average molecular weight is 466 g/mol. The van der Waals surface area contributed by atoms with Crippen LogP contribution in [-0.4, -0.2) is 33.1 Å². The van der Waals surface area contributed by atoms with E-state index in [1.807, 2.05) is 44.2 Å². The molecular weight excluding hydrogens is 446 g/mol. The topological polar surface area (TPSA) is 81.1 Å². The van der Waals surface area contributed by atoms with Gasteiger partial charge in [-0.05, 0) is 74.1 Å². The van der Waals surface area contributed by atoms with Crippen molar-refractivity contribution >= 4 is 51.6 Å². The van der Waals surface area contributed by atoms with Crippen LogP contribution in [0, 0.1) is 13.8 Å². The number of methoxy groups -OCH3 is 1. The molecule has 0 saturated carbocycles. The maximum absolute atomic E-state index is 12.4. The third-order valence-corrected chi connectivity index (χ3v) is 5.35. The fraction of sp³-hybridized carbons (Fsp3) is 0.130. The molecule has 0 bridgehead atoms. The second kappa shape index (κ2) is 8.94. The van der Waals surface area contributed by atoms with Crippen molar-refractivity contribution < 1.29 is 9.53 Å². The third-order valence-electron chi connectivity index (χ3n) is 4.85. The monoisotopic (exact) mass is 465 g/mol. The minimum absolute atomic E-state index is 0.202. The SMILES string of the molecule is COc1ccc(-n2nc3cc(C)c(NC(=S)NC(=O)c4cccc(C)c4)cc3n2)cc1Cl. The smallest absolute Gasteiger partial charge is 0.257 e. The van der Waals surface area contributed by atoms with Crippen molar-refractivity contribution in [1.82, 2.24) is 20.3 Å². The first-order valence-electron chi connectivity index (χ1n) is 9.74. The van der Waals surface area contributed by atoms with E-state index in [2.05, 4.69) is 20.8 Å². The molecular formula is C23H20ClN5O2S. The number of nitrogens with one attached hydrogen (secondary N) is 2. The van der Waals surface area contributed by atoms with Crippen LogP contribution in [0.2, 0.25) is 5.02 Å².